The number of hydrogen-bond donors (Lipinski definition) is 1. The summed E-state index contributed by atoms with van der Waals surface area (Å²) in [7, 11) is 0. The molecule has 0 radical (unpaired) electrons. The van der Waals surface area contributed by atoms with Crippen molar-refractivity contribution in [3.05, 3.63) is 53.8 Å². The molecule has 0 unspecified atom stereocenters. The molecule has 0 bridgehead atoms. The molecule has 0 aromatic heterocycles. The van der Waals surface area contributed by atoms with E-state index in [9.17, 15) is 18.8 Å². The lowest BCUT2D eigenvalue weighted by atomic mass is 10.2. The van der Waals surface area contributed by atoms with Gasteiger partial charge in [0.25, 0.3) is 5.91 Å². The summed E-state index contributed by atoms with van der Waals surface area (Å²) in [5.74, 6) is -1.69. The fourth-order valence-corrected chi connectivity index (χ4v) is 3.59. The van der Waals surface area contributed by atoms with Crippen molar-refractivity contribution in [3.8, 4) is 0 Å². The number of amides is 2. The Hall–Kier alpha value is -2.87. The summed E-state index contributed by atoms with van der Waals surface area (Å²) < 4.78 is 18.7. The second-order valence-electron chi connectivity index (χ2n) is 6.32. The standard InChI is InChI=1S/C20H19FN2O4S/c1-12-7-8-14(9-15(12)21)22-20(26)13(2)27-19(25)10-23-16-5-3-4-6-17(16)28-11-18(23)24/h3-9,13H,10-11H2,1-2H3,(H,22,26)/t13-/m1/s1. The van der Waals surface area contributed by atoms with E-state index < -0.39 is 23.8 Å². The number of ether oxygens (including phenoxy) is 1. The van der Waals surface area contributed by atoms with E-state index in [0.29, 0.717) is 11.3 Å². The summed E-state index contributed by atoms with van der Waals surface area (Å²) in [5.41, 5.74) is 1.38. The molecule has 1 heterocycles. The van der Waals surface area contributed by atoms with E-state index in [4.69, 9.17) is 4.74 Å². The Balaban J connectivity index is 1.60. The maximum Gasteiger partial charge on any atom is 0.326 e. The predicted molar refractivity (Wildman–Crippen MR) is 105 cm³/mol. The van der Waals surface area contributed by atoms with Crippen LogP contribution in [0.3, 0.4) is 0 Å². The molecule has 6 nitrogen and oxygen atoms in total. The zero-order chi connectivity index (χ0) is 20.3. The van der Waals surface area contributed by atoms with Crippen LogP contribution in [0.4, 0.5) is 15.8 Å². The molecule has 0 saturated carbocycles. The molecular weight excluding hydrogens is 383 g/mol. The van der Waals surface area contributed by atoms with Crippen LogP contribution in [-0.4, -0.2) is 36.2 Å². The first-order chi connectivity index (χ1) is 13.3. The fourth-order valence-electron chi connectivity index (χ4n) is 2.66. The predicted octanol–water partition coefficient (Wildman–Crippen LogP) is 3.14. The number of aryl methyl sites for hydroxylation is 1. The van der Waals surface area contributed by atoms with E-state index in [1.54, 1.807) is 31.2 Å². The van der Waals surface area contributed by atoms with Gasteiger partial charge in [0, 0.05) is 10.6 Å². The summed E-state index contributed by atoms with van der Waals surface area (Å²) in [6.45, 7) is 2.75. The van der Waals surface area contributed by atoms with Crippen LogP contribution in [0.2, 0.25) is 0 Å². The lowest BCUT2D eigenvalue weighted by Crippen LogP contribution is -2.41. The molecule has 0 saturated heterocycles. The Morgan fingerprint density at radius 1 is 1.29 bits per heavy atom. The van der Waals surface area contributed by atoms with Crippen molar-refractivity contribution in [2.24, 2.45) is 0 Å². The molecule has 0 spiro atoms. The Morgan fingerprint density at radius 3 is 2.79 bits per heavy atom. The van der Waals surface area contributed by atoms with Crippen molar-refractivity contribution < 1.29 is 23.5 Å². The van der Waals surface area contributed by atoms with Gasteiger partial charge in [-0.25, -0.2) is 4.39 Å². The summed E-state index contributed by atoms with van der Waals surface area (Å²) in [6, 6.07) is 11.6. The van der Waals surface area contributed by atoms with E-state index in [0.717, 1.165) is 4.90 Å². The SMILES string of the molecule is Cc1ccc(NC(=O)[C@@H](C)OC(=O)CN2C(=O)CSc3ccccc32)cc1F. The topological polar surface area (TPSA) is 75.7 Å². The molecule has 2 aromatic rings. The van der Waals surface area contributed by atoms with Crippen molar-refractivity contribution >= 4 is 40.9 Å². The van der Waals surface area contributed by atoms with E-state index in [1.807, 2.05) is 12.1 Å². The van der Waals surface area contributed by atoms with Crippen molar-refractivity contribution in [2.75, 3.05) is 22.5 Å². The molecule has 2 aromatic carbocycles. The minimum atomic E-state index is -1.10. The highest BCUT2D eigenvalue weighted by Gasteiger charge is 2.28. The number of benzene rings is 2. The van der Waals surface area contributed by atoms with E-state index in [2.05, 4.69) is 5.32 Å². The van der Waals surface area contributed by atoms with Gasteiger partial charge in [-0.2, -0.15) is 0 Å². The second kappa shape index (κ2) is 8.43. The first-order valence-electron chi connectivity index (χ1n) is 8.64. The molecule has 1 aliphatic rings. The van der Waals surface area contributed by atoms with Gasteiger partial charge in [-0.15, -0.1) is 11.8 Å². The summed E-state index contributed by atoms with van der Waals surface area (Å²) in [4.78, 5) is 38.9. The quantitative estimate of drug-likeness (QED) is 0.778. The third-order valence-corrected chi connectivity index (χ3v) is 5.26. The maximum absolute atomic E-state index is 13.6. The van der Waals surface area contributed by atoms with Crippen LogP contribution >= 0.6 is 11.8 Å². The fraction of sp³-hybridized carbons (Fsp3) is 0.250. The van der Waals surface area contributed by atoms with Crippen LogP contribution in [0, 0.1) is 12.7 Å². The van der Waals surface area contributed by atoms with E-state index >= 15 is 0 Å². The third-order valence-electron chi connectivity index (χ3n) is 4.21. The largest absolute Gasteiger partial charge is 0.451 e. The average molecular weight is 402 g/mol. The number of fused-ring (bicyclic) bond motifs is 1. The van der Waals surface area contributed by atoms with Crippen molar-refractivity contribution in [1.82, 2.24) is 0 Å². The lowest BCUT2D eigenvalue weighted by molar-refractivity contribution is -0.152. The summed E-state index contributed by atoms with van der Waals surface area (Å²) >= 11 is 1.41. The van der Waals surface area contributed by atoms with Gasteiger partial charge in [-0.1, -0.05) is 18.2 Å². The lowest BCUT2D eigenvalue weighted by Gasteiger charge is -2.28. The Morgan fingerprint density at radius 2 is 2.04 bits per heavy atom. The van der Waals surface area contributed by atoms with Gasteiger partial charge in [-0.3, -0.25) is 19.3 Å². The Kier molecular flexibility index (Phi) is 5.99. The number of halogens is 1. The highest BCUT2D eigenvalue weighted by Crippen LogP contribution is 2.34. The van der Waals surface area contributed by atoms with Crippen molar-refractivity contribution in [1.29, 1.82) is 0 Å². The molecule has 1 atom stereocenters. The number of hydrogen-bond acceptors (Lipinski definition) is 5. The number of carbonyl (C=O) groups is 3. The van der Waals surface area contributed by atoms with Gasteiger partial charge in [0.15, 0.2) is 6.10 Å². The van der Waals surface area contributed by atoms with Crippen molar-refractivity contribution in [2.45, 2.75) is 24.8 Å². The molecule has 1 N–H and O–H groups in total. The molecule has 0 aliphatic carbocycles. The molecule has 0 fully saturated rings. The number of para-hydroxylation sites is 1. The van der Waals surface area contributed by atoms with Gasteiger partial charge in [0.05, 0.1) is 11.4 Å². The van der Waals surface area contributed by atoms with Crippen molar-refractivity contribution in [3.63, 3.8) is 0 Å². The second-order valence-corrected chi connectivity index (χ2v) is 7.34. The number of rotatable bonds is 5. The Labute approximate surface area is 166 Å². The molecule has 28 heavy (non-hydrogen) atoms. The number of nitrogens with one attached hydrogen (secondary N) is 1. The Bertz CT molecular complexity index is 934. The third kappa shape index (κ3) is 4.51. The molecule has 8 heteroatoms. The first-order valence-corrected chi connectivity index (χ1v) is 9.62. The van der Waals surface area contributed by atoms with Gasteiger partial charge in [0.1, 0.15) is 12.4 Å². The summed E-state index contributed by atoms with van der Waals surface area (Å²) in [6.07, 6.45) is -1.10. The van der Waals surface area contributed by atoms with Crippen LogP contribution in [-0.2, 0) is 19.1 Å². The molecule has 146 valence electrons. The van der Waals surface area contributed by atoms with Crippen LogP contribution in [0.5, 0.6) is 0 Å². The van der Waals surface area contributed by atoms with E-state index in [-0.39, 0.29) is 23.9 Å². The monoisotopic (exact) mass is 402 g/mol. The highest BCUT2D eigenvalue weighted by molar-refractivity contribution is 8.00. The molecule has 1 aliphatic heterocycles. The number of esters is 1. The van der Waals surface area contributed by atoms with Gasteiger partial charge >= 0.3 is 5.97 Å². The van der Waals surface area contributed by atoms with Crippen LogP contribution in [0.15, 0.2) is 47.4 Å². The van der Waals surface area contributed by atoms with Gasteiger partial charge in [0.2, 0.25) is 5.91 Å². The number of thioether (sulfide) groups is 1. The molecule has 3 rings (SSSR count). The number of anilines is 2. The van der Waals surface area contributed by atoms with Crippen LogP contribution in [0.1, 0.15) is 12.5 Å². The van der Waals surface area contributed by atoms with Gasteiger partial charge in [-0.05, 0) is 43.7 Å². The zero-order valence-corrected chi connectivity index (χ0v) is 16.2. The van der Waals surface area contributed by atoms with Gasteiger partial charge < -0.3 is 10.1 Å². The normalized spacial score (nSPS) is 14.2. The maximum atomic E-state index is 13.6. The summed E-state index contributed by atoms with van der Waals surface area (Å²) in [5, 5.41) is 2.50. The van der Waals surface area contributed by atoms with Crippen LogP contribution < -0.4 is 10.2 Å². The highest BCUT2D eigenvalue weighted by atomic mass is 32.2. The zero-order valence-electron chi connectivity index (χ0n) is 15.4. The first kappa shape index (κ1) is 19.9. The molecule has 2 amide bonds. The minimum absolute atomic E-state index is 0.201. The minimum Gasteiger partial charge on any atom is -0.451 e. The van der Waals surface area contributed by atoms with E-state index in [1.165, 1.54) is 29.7 Å². The number of carbonyl (C=O) groups excluding carboxylic acids is 3. The smallest absolute Gasteiger partial charge is 0.326 e. The average Bonchev–Trinajstić information content (AvgIpc) is 2.67. The molecular formula is C20H19FN2O4S. The van der Waals surface area contributed by atoms with Crippen LogP contribution in [0.25, 0.3) is 0 Å². The number of nitrogens with zero attached hydrogens (tertiary/aromatic N) is 1.